The Hall–Kier alpha value is -2.46. The maximum atomic E-state index is 10.5. The molecule has 0 saturated carbocycles. The molecule has 106 valence electrons. The summed E-state index contributed by atoms with van der Waals surface area (Å²) in [6.45, 7) is 2.05. The number of benzene rings is 2. The topological polar surface area (TPSA) is 50.9 Å². The van der Waals surface area contributed by atoms with Gasteiger partial charge in [0, 0.05) is 6.42 Å². The van der Waals surface area contributed by atoms with Crippen LogP contribution in [0.1, 0.15) is 22.9 Å². The molecular formula is C17H17N3O. The summed E-state index contributed by atoms with van der Waals surface area (Å²) < 4.78 is 1.68. The van der Waals surface area contributed by atoms with Crippen molar-refractivity contribution in [3.63, 3.8) is 0 Å². The molecule has 21 heavy (non-hydrogen) atoms. The molecule has 0 aliphatic rings. The van der Waals surface area contributed by atoms with Crippen LogP contribution < -0.4 is 0 Å². The van der Waals surface area contributed by atoms with Gasteiger partial charge in [0.15, 0.2) is 0 Å². The van der Waals surface area contributed by atoms with Crippen LogP contribution in [0.25, 0.3) is 5.69 Å². The summed E-state index contributed by atoms with van der Waals surface area (Å²) >= 11 is 0. The molecule has 0 spiro atoms. The Morgan fingerprint density at radius 1 is 1.10 bits per heavy atom. The number of aromatic nitrogens is 3. The Balaban J connectivity index is 1.86. The molecule has 0 aliphatic heterocycles. The molecule has 0 bridgehead atoms. The van der Waals surface area contributed by atoms with Crippen molar-refractivity contribution in [1.82, 2.24) is 15.0 Å². The van der Waals surface area contributed by atoms with Gasteiger partial charge >= 0.3 is 0 Å². The number of hydrogen-bond acceptors (Lipinski definition) is 3. The van der Waals surface area contributed by atoms with Crippen LogP contribution in [0, 0.1) is 6.92 Å². The highest BCUT2D eigenvalue weighted by Gasteiger charge is 2.16. The number of aliphatic hydroxyl groups is 1. The first kappa shape index (κ1) is 13.5. The molecule has 0 radical (unpaired) electrons. The largest absolute Gasteiger partial charge is 0.386 e. The van der Waals surface area contributed by atoms with Gasteiger partial charge < -0.3 is 5.11 Å². The first-order chi connectivity index (χ1) is 10.2. The molecule has 1 unspecified atom stereocenters. The summed E-state index contributed by atoms with van der Waals surface area (Å²) in [5.41, 5.74) is 3.88. The van der Waals surface area contributed by atoms with Crippen LogP contribution in [-0.4, -0.2) is 20.1 Å². The van der Waals surface area contributed by atoms with Crippen molar-refractivity contribution < 1.29 is 5.11 Å². The third-order valence-corrected chi connectivity index (χ3v) is 3.43. The van der Waals surface area contributed by atoms with E-state index in [0.29, 0.717) is 12.1 Å². The number of rotatable bonds is 4. The quantitative estimate of drug-likeness (QED) is 0.799. The van der Waals surface area contributed by atoms with E-state index in [1.54, 1.807) is 10.9 Å². The molecule has 0 fully saturated rings. The molecule has 0 amide bonds. The summed E-state index contributed by atoms with van der Waals surface area (Å²) in [7, 11) is 0. The third-order valence-electron chi connectivity index (χ3n) is 3.43. The summed E-state index contributed by atoms with van der Waals surface area (Å²) in [5.74, 6) is 0. The van der Waals surface area contributed by atoms with E-state index in [2.05, 4.69) is 16.4 Å². The number of para-hydroxylation sites is 1. The molecule has 3 aromatic rings. The maximum Gasteiger partial charge on any atom is 0.102 e. The highest BCUT2D eigenvalue weighted by molar-refractivity contribution is 5.32. The summed E-state index contributed by atoms with van der Waals surface area (Å²) in [6, 6.07) is 17.9. The summed E-state index contributed by atoms with van der Waals surface area (Å²) in [6.07, 6.45) is 1.53. The standard InChI is InChI=1S/C17H17N3O/c1-13-6-5-7-14(10-13)11-17(21)16-12-18-19-20(16)15-8-3-2-4-9-15/h2-10,12,17,21H,11H2,1H3. The average molecular weight is 279 g/mol. The average Bonchev–Trinajstić information content (AvgIpc) is 2.98. The van der Waals surface area contributed by atoms with Gasteiger partial charge in [-0.2, -0.15) is 0 Å². The van der Waals surface area contributed by atoms with E-state index < -0.39 is 6.10 Å². The molecule has 2 aromatic carbocycles. The monoisotopic (exact) mass is 279 g/mol. The van der Waals surface area contributed by atoms with Crippen LogP contribution in [0.5, 0.6) is 0 Å². The van der Waals surface area contributed by atoms with Crippen LogP contribution in [0.2, 0.25) is 0 Å². The van der Waals surface area contributed by atoms with Gasteiger partial charge in [0.25, 0.3) is 0 Å². The van der Waals surface area contributed by atoms with Gasteiger partial charge in [-0.3, -0.25) is 0 Å². The molecule has 4 nitrogen and oxygen atoms in total. The van der Waals surface area contributed by atoms with E-state index in [1.165, 1.54) is 5.56 Å². The molecule has 1 N–H and O–H groups in total. The van der Waals surface area contributed by atoms with E-state index in [4.69, 9.17) is 0 Å². The number of aliphatic hydroxyl groups excluding tert-OH is 1. The van der Waals surface area contributed by atoms with Gasteiger partial charge in [-0.1, -0.05) is 53.2 Å². The number of aryl methyl sites for hydroxylation is 1. The second-order valence-corrected chi connectivity index (χ2v) is 5.12. The Morgan fingerprint density at radius 3 is 2.67 bits per heavy atom. The minimum absolute atomic E-state index is 0.544. The molecule has 1 atom stereocenters. The lowest BCUT2D eigenvalue weighted by molar-refractivity contribution is 0.170. The van der Waals surface area contributed by atoms with Crippen molar-refractivity contribution in [3.05, 3.63) is 77.6 Å². The first-order valence-corrected chi connectivity index (χ1v) is 6.93. The molecule has 4 heteroatoms. The lowest BCUT2D eigenvalue weighted by Gasteiger charge is -2.13. The normalized spacial score (nSPS) is 12.3. The smallest absolute Gasteiger partial charge is 0.102 e. The van der Waals surface area contributed by atoms with Gasteiger partial charge in [0.1, 0.15) is 6.10 Å². The van der Waals surface area contributed by atoms with Gasteiger partial charge in [0.2, 0.25) is 0 Å². The van der Waals surface area contributed by atoms with Crippen molar-refractivity contribution in [2.75, 3.05) is 0 Å². The van der Waals surface area contributed by atoms with Crippen LogP contribution in [0.3, 0.4) is 0 Å². The predicted octanol–water partition coefficient (Wildman–Crippen LogP) is 2.85. The minimum atomic E-state index is -0.637. The molecule has 3 rings (SSSR count). The molecule has 1 heterocycles. The fourth-order valence-electron chi connectivity index (χ4n) is 2.41. The minimum Gasteiger partial charge on any atom is -0.386 e. The summed E-state index contributed by atoms with van der Waals surface area (Å²) in [4.78, 5) is 0. The second-order valence-electron chi connectivity index (χ2n) is 5.12. The van der Waals surface area contributed by atoms with Gasteiger partial charge in [-0.05, 0) is 24.6 Å². The highest BCUT2D eigenvalue weighted by Crippen LogP contribution is 2.20. The third kappa shape index (κ3) is 3.01. The molecule has 1 aromatic heterocycles. The highest BCUT2D eigenvalue weighted by atomic mass is 16.3. The van der Waals surface area contributed by atoms with Crippen molar-refractivity contribution in [2.24, 2.45) is 0 Å². The SMILES string of the molecule is Cc1cccc(CC(O)c2cnnn2-c2ccccc2)c1. The van der Waals surface area contributed by atoms with E-state index in [0.717, 1.165) is 11.3 Å². The summed E-state index contributed by atoms with van der Waals surface area (Å²) in [5, 5.41) is 18.5. The van der Waals surface area contributed by atoms with E-state index >= 15 is 0 Å². The fraction of sp³-hybridized carbons (Fsp3) is 0.176. The number of nitrogens with zero attached hydrogens (tertiary/aromatic N) is 3. The van der Waals surface area contributed by atoms with E-state index in [9.17, 15) is 5.11 Å². The van der Waals surface area contributed by atoms with Gasteiger partial charge in [-0.15, -0.1) is 5.10 Å². The Bertz CT molecular complexity index is 722. The first-order valence-electron chi connectivity index (χ1n) is 6.93. The van der Waals surface area contributed by atoms with Crippen LogP contribution in [0.15, 0.2) is 60.8 Å². The van der Waals surface area contributed by atoms with Crippen molar-refractivity contribution in [2.45, 2.75) is 19.4 Å². The lowest BCUT2D eigenvalue weighted by Crippen LogP contribution is -2.09. The van der Waals surface area contributed by atoms with Crippen LogP contribution >= 0.6 is 0 Å². The van der Waals surface area contributed by atoms with Gasteiger partial charge in [-0.25, -0.2) is 4.68 Å². The molecule has 0 aliphatic carbocycles. The molecule has 0 saturated heterocycles. The fourth-order valence-corrected chi connectivity index (χ4v) is 2.41. The second kappa shape index (κ2) is 5.89. The zero-order valence-electron chi connectivity index (χ0n) is 11.8. The van der Waals surface area contributed by atoms with Crippen molar-refractivity contribution >= 4 is 0 Å². The lowest BCUT2D eigenvalue weighted by atomic mass is 10.0. The Labute approximate surface area is 123 Å². The Kier molecular flexibility index (Phi) is 3.79. The maximum absolute atomic E-state index is 10.5. The van der Waals surface area contributed by atoms with Gasteiger partial charge in [0.05, 0.1) is 17.6 Å². The van der Waals surface area contributed by atoms with Crippen LogP contribution in [0.4, 0.5) is 0 Å². The Morgan fingerprint density at radius 2 is 1.90 bits per heavy atom. The van der Waals surface area contributed by atoms with Crippen LogP contribution in [-0.2, 0) is 6.42 Å². The van der Waals surface area contributed by atoms with Crippen molar-refractivity contribution in [3.8, 4) is 5.69 Å². The number of hydrogen-bond donors (Lipinski definition) is 1. The zero-order valence-corrected chi connectivity index (χ0v) is 11.8. The van der Waals surface area contributed by atoms with Crippen molar-refractivity contribution in [1.29, 1.82) is 0 Å². The predicted molar refractivity (Wildman–Crippen MR) is 81.2 cm³/mol. The van der Waals surface area contributed by atoms with E-state index in [-0.39, 0.29) is 0 Å². The molecular weight excluding hydrogens is 262 g/mol. The zero-order chi connectivity index (χ0) is 14.7. The van der Waals surface area contributed by atoms with E-state index in [1.807, 2.05) is 55.5 Å².